The number of nitrogens with zero attached hydrogens (tertiary/aromatic N) is 1. The van der Waals surface area contributed by atoms with E-state index in [0.717, 1.165) is 0 Å². The maximum Gasteiger partial charge on any atom is 0.161 e. The van der Waals surface area contributed by atoms with Gasteiger partial charge in [-0.05, 0) is 19.1 Å². The minimum absolute atomic E-state index is 0.0849. The first-order chi connectivity index (χ1) is 7.06. The lowest BCUT2D eigenvalue weighted by Gasteiger charge is -2.14. The summed E-state index contributed by atoms with van der Waals surface area (Å²) in [6, 6.07) is 3.09. The van der Waals surface area contributed by atoms with E-state index in [-0.39, 0.29) is 11.5 Å². The number of pyridine rings is 1. The molecule has 0 radical (unpaired) electrons. The van der Waals surface area contributed by atoms with E-state index in [2.05, 4.69) is 17.6 Å². The highest BCUT2D eigenvalue weighted by atomic mass is 32.1. The number of Topliss-reactive ketones (excluding diaryl/α,β-unsaturated/α-hetero) is 1. The normalized spacial score (nSPS) is 14.7. The number of aliphatic hydroxyl groups is 2. The Labute approximate surface area is 93.4 Å². The highest BCUT2D eigenvalue weighted by molar-refractivity contribution is 7.80. The van der Waals surface area contributed by atoms with Crippen molar-refractivity contribution >= 4 is 18.4 Å². The second kappa shape index (κ2) is 5.25. The minimum atomic E-state index is -1.07. The molecule has 0 saturated carbocycles. The molecule has 1 aromatic heterocycles. The van der Waals surface area contributed by atoms with Crippen molar-refractivity contribution in [3.63, 3.8) is 0 Å². The third-order valence-electron chi connectivity index (χ3n) is 2.05. The first kappa shape index (κ1) is 12.2. The van der Waals surface area contributed by atoms with Crippen LogP contribution in [0.3, 0.4) is 0 Å². The summed E-state index contributed by atoms with van der Waals surface area (Å²) in [6.07, 6.45) is -0.640. The lowest BCUT2D eigenvalue weighted by atomic mass is 10.1. The van der Waals surface area contributed by atoms with Gasteiger partial charge in [0, 0.05) is 17.5 Å². The van der Waals surface area contributed by atoms with Gasteiger partial charge in [-0.1, -0.05) is 0 Å². The van der Waals surface area contributed by atoms with Crippen molar-refractivity contribution in [1.29, 1.82) is 0 Å². The molecule has 15 heavy (non-hydrogen) atoms. The quantitative estimate of drug-likeness (QED) is 0.520. The second-order valence-electron chi connectivity index (χ2n) is 3.22. The van der Waals surface area contributed by atoms with Gasteiger partial charge in [-0.15, -0.1) is 0 Å². The molecule has 0 aromatic carbocycles. The van der Waals surface area contributed by atoms with E-state index in [1.165, 1.54) is 19.2 Å². The van der Waals surface area contributed by atoms with Crippen molar-refractivity contribution in [2.45, 2.75) is 19.1 Å². The fourth-order valence-corrected chi connectivity index (χ4v) is 1.29. The summed E-state index contributed by atoms with van der Waals surface area (Å²) in [7, 11) is 0. The summed E-state index contributed by atoms with van der Waals surface area (Å²) in [5.41, 5.74) is 0.813. The van der Waals surface area contributed by atoms with Gasteiger partial charge in [-0.3, -0.25) is 9.78 Å². The molecule has 0 fully saturated rings. The van der Waals surface area contributed by atoms with Crippen LogP contribution < -0.4 is 0 Å². The van der Waals surface area contributed by atoms with Gasteiger partial charge < -0.3 is 10.2 Å². The molecule has 2 unspecified atom stereocenters. The van der Waals surface area contributed by atoms with Crippen LogP contribution in [0.2, 0.25) is 0 Å². The van der Waals surface area contributed by atoms with Gasteiger partial charge in [0.25, 0.3) is 0 Å². The van der Waals surface area contributed by atoms with Crippen LogP contribution in [0.25, 0.3) is 0 Å². The molecule has 1 aromatic rings. The van der Waals surface area contributed by atoms with Gasteiger partial charge in [-0.25, -0.2) is 0 Å². The molecule has 2 atom stereocenters. The summed E-state index contributed by atoms with van der Waals surface area (Å²) >= 11 is 3.87. The molecule has 82 valence electrons. The smallest absolute Gasteiger partial charge is 0.161 e. The van der Waals surface area contributed by atoms with Gasteiger partial charge >= 0.3 is 0 Å². The number of rotatable bonds is 4. The molecule has 0 spiro atoms. The van der Waals surface area contributed by atoms with Crippen LogP contribution in [0.5, 0.6) is 0 Å². The highest BCUT2D eigenvalue weighted by Crippen LogP contribution is 2.15. The van der Waals surface area contributed by atoms with Gasteiger partial charge in [-0.2, -0.15) is 12.6 Å². The van der Waals surface area contributed by atoms with E-state index in [1.54, 1.807) is 6.07 Å². The minimum Gasteiger partial charge on any atom is -0.389 e. The summed E-state index contributed by atoms with van der Waals surface area (Å²) in [5, 5.41) is 18.9. The van der Waals surface area contributed by atoms with Crippen LogP contribution in [0.15, 0.2) is 18.3 Å². The van der Waals surface area contributed by atoms with E-state index in [1.807, 2.05) is 0 Å². The molecule has 1 rings (SSSR count). The molecular formula is C10H13NO3S. The fourth-order valence-electron chi connectivity index (χ4n) is 1.09. The molecule has 0 aliphatic carbocycles. The molecule has 0 amide bonds. The standard InChI is InChI=1S/C10H13NO3S/c1-6(12)7-2-3-8(11-4-7)10(14)9(13)5-15/h2-4,9-10,13-15H,5H2,1H3. The highest BCUT2D eigenvalue weighted by Gasteiger charge is 2.18. The number of carbonyl (C=O) groups is 1. The zero-order chi connectivity index (χ0) is 11.4. The second-order valence-corrected chi connectivity index (χ2v) is 3.59. The van der Waals surface area contributed by atoms with Crippen LogP contribution in [0.1, 0.15) is 29.1 Å². The van der Waals surface area contributed by atoms with Crippen LogP contribution in [-0.2, 0) is 0 Å². The number of hydrogen-bond donors (Lipinski definition) is 3. The molecular weight excluding hydrogens is 214 g/mol. The Kier molecular flexibility index (Phi) is 4.26. The molecule has 0 aliphatic heterocycles. The summed E-state index contributed by atoms with van der Waals surface area (Å²) in [4.78, 5) is 14.9. The number of aromatic nitrogens is 1. The van der Waals surface area contributed by atoms with Gasteiger partial charge in [0.2, 0.25) is 0 Å². The molecule has 1 heterocycles. The predicted octanol–water partition coefficient (Wildman–Crippen LogP) is 0.608. The van der Waals surface area contributed by atoms with E-state index in [4.69, 9.17) is 0 Å². The molecule has 2 N–H and O–H groups in total. The maximum atomic E-state index is 11.0. The van der Waals surface area contributed by atoms with E-state index < -0.39 is 12.2 Å². The summed E-state index contributed by atoms with van der Waals surface area (Å²) < 4.78 is 0. The third-order valence-corrected chi connectivity index (χ3v) is 2.42. The summed E-state index contributed by atoms with van der Waals surface area (Å²) in [6.45, 7) is 1.44. The number of ketones is 1. The number of hydrogen-bond acceptors (Lipinski definition) is 5. The first-order valence-electron chi connectivity index (χ1n) is 4.50. The van der Waals surface area contributed by atoms with Crippen LogP contribution in [0.4, 0.5) is 0 Å². The van der Waals surface area contributed by atoms with Crippen LogP contribution >= 0.6 is 12.6 Å². The van der Waals surface area contributed by atoms with Gasteiger partial charge in [0.1, 0.15) is 6.10 Å². The topological polar surface area (TPSA) is 70.4 Å². The monoisotopic (exact) mass is 227 g/mol. The van der Waals surface area contributed by atoms with Crippen molar-refractivity contribution in [3.8, 4) is 0 Å². The number of thiol groups is 1. The summed E-state index contributed by atoms with van der Waals surface area (Å²) in [5.74, 6) is 0.0652. The fraction of sp³-hybridized carbons (Fsp3) is 0.400. The zero-order valence-corrected chi connectivity index (χ0v) is 9.19. The molecule has 5 heteroatoms. The molecule has 4 nitrogen and oxygen atoms in total. The van der Waals surface area contributed by atoms with Gasteiger partial charge in [0.15, 0.2) is 5.78 Å². The lowest BCUT2D eigenvalue weighted by molar-refractivity contribution is 0.0310. The van der Waals surface area contributed by atoms with Crippen molar-refractivity contribution in [1.82, 2.24) is 4.98 Å². The Morgan fingerprint density at radius 1 is 1.53 bits per heavy atom. The van der Waals surface area contributed by atoms with Crippen LogP contribution in [-0.4, -0.2) is 32.8 Å². The third kappa shape index (κ3) is 3.02. The molecule has 0 bridgehead atoms. The SMILES string of the molecule is CC(=O)c1ccc(C(O)C(O)CS)nc1. The molecule has 0 aliphatic rings. The van der Waals surface area contributed by atoms with Crippen molar-refractivity contribution in [2.75, 3.05) is 5.75 Å². The molecule has 0 saturated heterocycles. The van der Waals surface area contributed by atoms with E-state index in [9.17, 15) is 15.0 Å². The van der Waals surface area contributed by atoms with Crippen molar-refractivity contribution < 1.29 is 15.0 Å². The van der Waals surface area contributed by atoms with E-state index in [0.29, 0.717) is 11.3 Å². The van der Waals surface area contributed by atoms with Gasteiger partial charge in [0.05, 0.1) is 11.8 Å². The Bertz CT molecular complexity index is 339. The number of carbonyl (C=O) groups excluding carboxylic acids is 1. The Morgan fingerprint density at radius 3 is 2.60 bits per heavy atom. The van der Waals surface area contributed by atoms with Crippen molar-refractivity contribution in [3.05, 3.63) is 29.6 Å². The zero-order valence-electron chi connectivity index (χ0n) is 8.29. The average Bonchev–Trinajstić information content (AvgIpc) is 2.27. The van der Waals surface area contributed by atoms with Crippen molar-refractivity contribution in [2.24, 2.45) is 0 Å². The Hall–Kier alpha value is -0.910. The first-order valence-corrected chi connectivity index (χ1v) is 5.13. The number of aliphatic hydroxyl groups excluding tert-OH is 2. The largest absolute Gasteiger partial charge is 0.389 e. The van der Waals surface area contributed by atoms with E-state index >= 15 is 0 Å². The lowest BCUT2D eigenvalue weighted by Crippen LogP contribution is -2.20. The van der Waals surface area contributed by atoms with Crippen LogP contribution in [0, 0.1) is 0 Å². The Balaban J connectivity index is 2.84. The maximum absolute atomic E-state index is 11.0. The average molecular weight is 227 g/mol. The predicted molar refractivity (Wildman–Crippen MR) is 59.1 cm³/mol. The Morgan fingerprint density at radius 2 is 2.20 bits per heavy atom.